The molecule has 1 aliphatic rings. The Kier molecular flexibility index (Phi) is 7.60. The number of thiazole rings is 1. The quantitative estimate of drug-likeness (QED) is 0.199. The van der Waals surface area contributed by atoms with Crippen LogP contribution in [0.3, 0.4) is 0 Å². The van der Waals surface area contributed by atoms with E-state index in [2.05, 4.69) is 27.9 Å². The number of halogens is 1. The topological polar surface area (TPSA) is 91.4 Å². The van der Waals surface area contributed by atoms with Crippen molar-refractivity contribution in [2.75, 3.05) is 23.1 Å². The number of hydrogen-bond donors (Lipinski definition) is 2. The summed E-state index contributed by atoms with van der Waals surface area (Å²) >= 11 is 3.23. The summed E-state index contributed by atoms with van der Waals surface area (Å²) in [6.45, 7) is 5.04. The monoisotopic (exact) mass is 606 g/mol. The minimum atomic E-state index is -3.90. The number of para-hydroxylation sites is 1. The second kappa shape index (κ2) is 11.3. The van der Waals surface area contributed by atoms with Gasteiger partial charge in [0, 0.05) is 34.8 Å². The molecule has 11 heteroatoms. The Morgan fingerprint density at radius 1 is 1.02 bits per heavy atom. The van der Waals surface area contributed by atoms with Gasteiger partial charge in [-0.1, -0.05) is 19.1 Å². The molecule has 3 heterocycles. The van der Waals surface area contributed by atoms with Crippen LogP contribution in [-0.2, 0) is 23.0 Å². The van der Waals surface area contributed by atoms with Crippen LogP contribution in [0, 0.1) is 5.82 Å². The molecule has 1 aliphatic heterocycles. The molecular formula is C30H27FN4O3S3. The van der Waals surface area contributed by atoms with Crippen molar-refractivity contribution in [1.82, 2.24) is 9.88 Å². The molecule has 0 saturated carbocycles. The number of hydrogen-bond acceptors (Lipinski definition) is 7. The van der Waals surface area contributed by atoms with Gasteiger partial charge < -0.3 is 5.32 Å². The van der Waals surface area contributed by atoms with Gasteiger partial charge in [-0.05, 0) is 85.6 Å². The zero-order valence-electron chi connectivity index (χ0n) is 22.2. The van der Waals surface area contributed by atoms with E-state index in [0.717, 1.165) is 70.4 Å². The maximum atomic E-state index is 13.4. The Morgan fingerprint density at radius 2 is 1.78 bits per heavy atom. The molecule has 1 amide bonds. The summed E-state index contributed by atoms with van der Waals surface area (Å²) in [7, 11) is -3.90. The molecule has 210 valence electrons. The number of amides is 1. The normalized spacial score (nSPS) is 13.7. The number of sulfonamides is 1. The van der Waals surface area contributed by atoms with Gasteiger partial charge in [0.2, 0.25) is 0 Å². The van der Waals surface area contributed by atoms with Gasteiger partial charge in [0.1, 0.15) is 15.8 Å². The van der Waals surface area contributed by atoms with Crippen LogP contribution in [0.4, 0.5) is 15.1 Å². The Labute approximate surface area is 245 Å². The molecule has 41 heavy (non-hydrogen) atoms. The fraction of sp³-hybridized carbons (Fsp3) is 0.200. The van der Waals surface area contributed by atoms with Crippen molar-refractivity contribution in [3.05, 3.63) is 94.6 Å². The van der Waals surface area contributed by atoms with Crippen LogP contribution in [0.1, 0.15) is 34.1 Å². The fourth-order valence-electron chi connectivity index (χ4n) is 4.95. The highest BCUT2D eigenvalue weighted by atomic mass is 32.2. The lowest BCUT2D eigenvalue weighted by Gasteiger charge is -2.26. The van der Waals surface area contributed by atoms with Crippen molar-refractivity contribution in [2.24, 2.45) is 0 Å². The summed E-state index contributed by atoms with van der Waals surface area (Å²) in [6, 6.07) is 18.8. The molecule has 7 nitrogen and oxygen atoms in total. The van der Waals surface area contributed by atoms with Gasteiger partial charge in [0.05, 0.1) is 15.1 Å². The number of carbonyl (C=O) groups excluding carboxylic acids is 1. The van der Waals surface area contributed by atoms with Gasteiger partial charge in [0.25, 0.3) is 15.9 Å². The molecule has 0 unspecified atom stereocenters. The molecule has 5 aromatic rings. The summed E-state index contributed by atoms with van der Waals surface area (Å²) in [5.74, 6) is -0.806. The maximum Gasteiger partial charge on any atom is 0.261 e. The maximum absolute atomic E-state index is 13.4. The first-order valence-electron chi connectivity index (χ1n) is 13.2. The van der Waals surface area contributed by atoms with E-state index in [0.29, 0.717) is 11.3 Å². The smallest absolute Gasteiger partial charge is 0.261 e. The molecule has 0 bridgehead atoms. The lowest BCUT2D eigenvalue weighted by Crippen LogP contribution is -2.30. The van der Waals surface area contributed by atoms with Crippen molar-refractivity contribution >= 4 is 59.5 Å². The SMILES string of the molecule is CCCN1CCc2c(sc(NC(=O)c3ccc(NS(=O)(=O)c4ccc(F)cc4)cc3)c2-c2nc3ccccc3s2)C1. The van der Waals surface area contributed by atoms with Gasteiger partial charge in [0.15, 0.2) is 0 Å². The highest BCUT2D eigenvalue weighted by molar-refractivity contribution is 7.92. The number of aromatic nitrogens is 1. The molecule has 0 atom stereocenters. The minimum absolute atomic E-state index is 0.0535. The lowest BCUT2D eigenvalue weighted by molar-refractivity contribution is 0.102. The first kappa shape index (κ1) is 27.5. The Balaban J connectivity index is 1.26. The summed E-state index contributed by atoms with van der Waals surface area (Å²) < 4.78 is 42.1. The van der Waals surface area contributed by atoms with Gasteiger partial charge in [-0.25, -0.2) is 17.8 Å². The Bertz CT molecular complexity index is 1800. The molecule has 2 N–H and O–H groups in total. The van der Waals surface area contributed by atoms with E-state index < -0.39 is 15.8 Å². The predicted octanol–water partition coefficient (Wildman–Crippen LogP) is 6.99. The number of thiophene rings is 1. The first-order valence-corrected chi connectivity index (χ1v) is 16.3. The van der Waals surface area contributed by atoms with E-state index in [9.17, 15) is 17.6 Å². The predicted molar refractivity (Wildman–Crippen MR) is 164 cm³/mol. The third kappa shape index (κ3) is 5.76. The number of rotatable bonds is 8. The number of nitrogens with one attached hydrogen (secondary N) is 2. The van der Waals surface area contributed by atoms with Crippen molar-refractivity contribution in [2.45, 2.75) is 31.2 Å². The van der Waals surface area contributed by atoms with Crippen LogP contribution < -0.4 is 10.0 Å². The van der Waals surface area contributed by atoms with E-state index in [1.165, 1.54) is 34.7 Å². The van der Waals surface area contributed by atoms with Gasteiger partial charge in [-0.3, -0.25) is 14.4 Å². The molecular weight excluding hydrogens is 580 g/mol. The number of fused-ring (bicyclic) bond motifs is 2. The number of anilines is 2. The zero-order valence-corrected chi connectivity index (χ0v) is 24.6. The van der Waals surface area contributed by atoms with Crippen LogP contribution in [0.5, 0.6) is 0 Å². The summed E-state index contributed by atoms with van der Waals surface area (Å²) in [5.41, 5.74) is 3.88. The van der Waals surface area contributed by atoms with Gasteiger partial charge in [-0.15, -0.1) is 22.7 Å². The molecule has 0 aliphatic carbocycles. The summed E-state index contributed by atoms with van der Waals surface area (Å²) in [4.78, 5) is 21.9. The van der Waals surface area contributed by atoms with Crippen LogP contribution in [0.25, 0.3) is 20.8 Å². The zero-order chi connectivity index (χ0) is 28.6. The largest absolute Gasteiger partial charge is 0.313 e. The number of benzene rings is 3. The van der Waals surface area contributed by atoms with Crippen molar-refractivity contribution in [1.29, 1.82) is 0 Å². The number of nitrogens with zero attached hydrogens (tertiary/aromatic N) is 2. The molecule has 6 rings (SSSR count). The van der Waals surface area contributed by atoms with Gasteiger partial charge >= 0.3 is 0 Å². The summed E-state index contributed by atoms with van der Waals surface area (Å²) in [5, 5.41) is 4.80. The highest BCUT2D eigenvalue weighted by Crippen LogP contribution is 2.45. The standard InChI is InChI=1S/C30H27FN4O3S3/c1-2-16-35-17-15-23-26(18-35)40-30(27(23)29-32-24-5-3-4-6-25(24)39-29)33-28(36)19-7-11-21(12-8-19)34-41(37,38)22-13-9-20(31)10-14-22/h3-14,34H,2,15-18H2,1H3,(H,33,36). The second-order valence-corrected chi connectivity index (χ2v) is 13.6. The second-order valence-electron chi connectivity index (χ2n) is 9.81. The van der Waals surface area contributed by atoms with E-state index >= 15 is 0 Å². The summed E-state index contributed by atoms with van der Waals surface area (Å²) in [6.07, 6.45) is 1.99. The number of carbonyl (C=O) groups is 1. The van der Waals surface area contributed by atoms with Crippen molar-refractivity contribution in [3.63, 3.8) is 0 Å². The fourth-order valence-corrected chi connectivity index (χ4v) is 8.40. The van der Waals surface area contributed by atoms with E-state index in [1.807, 2.05) is 18.2 Å². The average molecular weight is 607 g/mol. The molecule has 0 saturated heterocycles. The van der Waals surface area contributed by atoms with E-state index in [4.69, 9.17) is 4.98 Å². The molecule has 3 aromatic carbocycles. The minimum Gasteiger partial charge on any atom is -0.313 e. The Hall–Kier alpha value is -3.64. The molecule has 0 fully saturated rings. The van der Waals surface area contributed by atoms with Crippen LogP contribution in [0.15, 0.2) is 77.7 Å². The van der Waals surface area contributed by atoms with E-state index in [1.54, 1.807) is 34.8 Å². The van der Waals surface area contributed by atoms with Crippen molar-refractivity contribution < 1.29 is 17.6 Å². The molecule has 2 aromatic heterocycles. The average Bonchev–Trinajstić information content (AvgIpc) is 3.54. The Morgan fingerprint density at radius 3 is 2.51 bits per heavy atom. The molecule has 0 radical (unpaired) electrons. The van der Waals surface area contributed by atoms with Crippen LogP contribution >= 0.6 is 22.7 Å². The lowest BCUT2D eigenvalue weighted by atomic mass is 10.0. The third-order valence-electron chi connectivity index (χ3n) is 6.93. The third-order valence-corrected chi connectivity index (χ3v) is 10.5. The van der Waals surface area contributed by atoms with Crippen molar-refractivity contribution in [3.8, 4) is 10.6 Å². The molecule has 0 spiro atoms. The van der Waals surface area contributed by atoms with Gasteiger partial charge in [-0.2, -0.15) is 0 Å². The van der Waals surface area contributed by atoms with E-state index in [-0.39, 0.29) is 10.8 Å². The highest BCUT2D eigenvalue weighted by Gasteiger charge is 2.28. The van der Waals surface area contributed by atoms with Crippen LogP contribution in [0.2, 0.25) is 0 Å². The first-order chi connectivity index (χ1) is 19.8. The van der Waals surface area contributed by atoms with Crippen LogP contribution in [-0.4, -0.2) is 37.3 Å².